The van der Waals surface area contributed by atoms with Gasteiger partial charge in [-0.25, -0.2) is 0 Å². The van der Waals surface area contributed by atoms with Crippen LogP contribution < -0.4 is 21.2 Å². The molecule has 0 amide bonds. The van der Waals surface area contributed by atoms with E-state index in [1.54, 1.807) is 0 Å². The molecule has 4 heteroatoms. The Labute approximate surface area is 202 Å². The topological polar surface area (TPSA) is 34.1 Å². The minimum absolute atomic E-state index is 0.270. The molecule has 0 spiro atoms. The Morgan fingerprint density at radius 1 is 0.500 bits per heavy atom. The van der Waals surface area contributed by atoms with Gasteiger partial charge in [0.1, 0.15) is 7.14 Å². The molecule has 170 valence electrons. The normalized spacial score (nSPS) is 18.5. The van der Waals surface area contributed by atoms with Crippen LogP contribution in [0.5, 0.6) is 0 Å². The van der Waals surface area contributed by atoms with Gasteiger partial charge in [0.05, 0.1) is 0 Å². The third kappa shape index (κ3) is 3.96. The second-order valence-electron chi connectivity index (χ2n) is 8.72. The van der Waals surface area contributed by atoms with E-state index >= 15 is 9.13 Å². The van der Waals surface area contributed by atoms with E-state index in [0.717, 1.165) is 34.1 Å². The number of rotatable bonds is 6. The summed E-state index contributed by atoms with van der Waals surface area (Å²) in [6, 6.07) is 39.1. The summed E-state index contributed by atoms with van der Waals surface area (Å²) in [5, 5.41) is 3.30. The van der Waals surface area contributed by atoms with Gasteiger partial charge >= 0.3 is 0 Å². The third-order valence-corrected chi connectivity index (χ3v) is 14.2. The Morgan fingerprint density at radius 3 is 1.24 bits per heavy atom. The lowest BCUT2D eigenvalue weighted by atomic mass is 10.1. The van der Waals surface area contributed by atoms with E-state index in [9.17, 15) is 0 Å². The van der Waals surface area contributed by atoms with Crippen molar-refractivity contribution >= 4 is 35.5 Å². The Bertz CT molecular complexity index is 1260. The lowest BCUT2D eigenvalue weighted by Gasteiger charge is -2.39. The molecule has 2 nitrogen and oxygen atoms in total. The van der Waals surface area contributed by atoms with Gasteiger partial charge in [0.15, 0.2) is 7.14 Å². The van der Waals surface area contributed by atoms with Crippen LogP contribution >= 0.6 is 14.3 Å². The molecule has 2 unspecified atom stereocenters. The first kappa shape index (κ1) is 22.9. The molecule has 2 atom stereocenters. The van der Waals surface area contributed by atoms with Gasteiger partial charge in [-0.05, 0) is 12.8 Å². The maximum atomic E-state index is 15.3. The molecule has 0 fully saturated rings. The summed E-state index contributed by atoms with van der Waals surface area (Å²) < 4.78 is 30.7. The molecule has 0 bridgehead atoms. The molecular formula is C30H28O2P2. The first-order chi connectivity index (χ1) is 16.6. The van der Waals surface area contributed by atoms with E-state index < -0.39 is 14.3 Å². The van der Waals surface area contributed by atoms with Crippen LogP contribution in [0.2, 0.25) is 0 Å². The quantitative estimate of drug-likeness (QED) is 0.246. The lowest BCUT2D eigenvalue weighted by molar-refractivity contribution is 0.557. The molecule has 1 aliphatic rings. The summed E-state index contributed by atoms with van der Waals surface area (Å²) in [5.41, 5.74) is -0.633. The summed E-state index contributed by atoms with van der Waals surface area (Å²) >= 11 is 0. The zero-order chi connectivity index (χ0) is 23.4. The fourth-order valence-corrected chi connectivity index (χ4v) is 12.9. The van der Waals surface area contributed by atoms with Crippen LogP contribution in [-0.2, 0) is 9.13 Å². The van der Waals surface area contributed by atoms with E-state index in [1.807, 2.05) is 121 Å². The van der Waals surface area contributed by atoms with Crippen LogP contribution in [0.15, 0.2) is 133 Å². The molecule has 0 N–H and O–H groups in total. The first-order valence-corrected chi connectivity index (χ1v) is 15.3. The lowest BCUT2D eigenvalue weighted by Crippen LogP contribution is -2.39. The van der Waals surface area contributed by atoms with Gasteiger partial charge < -0.3 is 9.13 Å². The van der Waals surface area contributed by atoms with E-state index in [2.05, 4.69) is 12.2 Å². The molecule has 0 saturated heterocycles. The van der Waals surface area contributed by atoms with E-state index in [1.165, 1.54) is 0 Å². The standard InChI is InChI=1S/C30H28O2P2/c31-33(25-15-5-1-6-16-25,26-17-7-2-8-18-26)29-23-13-14-24-30(29)34(32,27-19-9-3-10-20-27)28-21-11-4-12-22-28/h1-13,15-23,29-30H,14,24H2. The Kier molecular flexibility index (Phi) is 6.55. The second kappa shape index (κ2) is 9.75. The van der Waals surface area contributed by atoms with Crippen molar-refractivity contribution in [3.05, 3.63) is 133 Å². The molecule has 0 aliphatic heterocycles. The zero-order valence-electron chi connectivity index (χ0n) is 19.0. The van der Waals surface area contributed by atoms with Gasteiger partial charge in [-0.3, -0.25) is 0 Å². The van der Waals surface area contributed by atoms with Gasteiger partial charge in [0.25, 0.3) is 0 Å². The number of benzene rings is 4. The van der Waals surface area contributed by atoms with E-state index in [0.29, 0.717) is 0 Å². The van der Waals surface area contributed by atoms with Crippen molar-refractivity contribution in [2.24, 2.45) is 0 Å². The van der Waals surface area contributed by atoms with E-state index in [-0.39, 0.29) is 11.3 Å². The molecule has 4 aromatic carbocycles. The van der Waals surface area contributed by atoms with Crippen LogP contribution in [0.25, 0.3) is 0 Å². The fourth-order valence-electron chi connectivity index (χ4n) is 5.19. The Balaban J connectivity index is 1.76. The van der Waals surface area contributed by atoms with Gasteiger partial charge in [-0.2, -0.15) is 0 Å². The van der Waals surface area contributed by atoms with Crippen molar-refractivity contribution in [1.82, 2.24) is 0 Å². The highest BCUT2D eigenvalue weighted by Gasteiger charge is 2.49. The highest BCUT2D eigenvalue weighted by Crippen LogP contribution is 2.62. The highest BCUT2D eigenvalue weighted by molar-refractivity contribution is 7.83. The number of allylic oxidation sites excluding steroid dienone is 2. The fraction of sp³-hybridized carbons (Fsp3) is 0.133. The zero-order valence-corrected chi connectivity index (χ0v) is 20.8. The van der Waals surface area contributed by atoms with Crippen molar-refractivity contribution in [1.29, 1.82) is 0 Å². The van der Waals surface area contributed by atoms with Crippen LogP contribution in [0.1, 0.15) is 12.8 Å². The highest BCUT2D eigenvalue weighted by atomic mass is 31.2. The molecule has 0 heterocycles. The second-order valence-corrected chi connectivity index (χ2v) is 14.7. The van der Waals surface area contributed by atoms with Gasteiger partial charge in [-0.1, -0.05) is 133 Å². The maximum absolute atomic E-state index is 15.3. The van der Waals surface area contributed by atoms with Crippen molar-refractivity contribution in [2.75, 3.05) is 0 Å². The predicted molar refractivity (Wildman–Crippen MR) is 145 cm³/mol. The van der Waals surface area contributed by atoms with Crippen LogP contribution in [0, 0.1) is 0 Å². The smallest absolute Gasteiger partial charge is 0.150 e. The maximum Gasteiger partial charge on any atom is 0.150 e. The van der Waals surface area contributed by atoms with Crippen LogP contribution in [0.4, 0.5) is 0 Å². The minimum atomic E-state index is -3.15. The van der Waals surface area contributed by atoms with Gasteiger partial charge in [-0.15, -0.1) is 0 Å². The van der Waals surface area contributed by atoms with Crippen molar-refractivity contribution < 1.29 is 9.13 Å². The number of hydrogen-bond acceptors (Lipinski definition) is 2. The van der Waals surface area contributed by atoms with Gasteiger partial charge in [0.2, 0.25) is 0 Å². The molecule has 0 aromatic heterocycles. The monoisotopic (exact) mass is 482 g/mol. The largest absolute Gasteiger partial charge is 0.313 e. The minimum Gasteiger partial charge on any atom is -0.313 e. The van der Waals surface area contributed by atoms with Gasteiger partial charge in [0, 0.05) is 32.5 Å². The Hall–Kier alpha value is -2.92. The van der Waals surface area contributed by atoms with Crippen LogP contribution in [0.3, 0.4) is 0 Å². The van der Waals surface area contributed by atoms with Crippen molar-refractivity contribution in [3.63, 3.8) is 0 Å². The van der Waals surface area contributed by atoms with Crippen molar-refractivity contribution in [3.8, 4) is 0 Å². The predicted octanol–water partition coefficient (Wildman–Crippen LogP) is 6.10. The first-order valence-electron chi connectivity index (χ1n) is 11.7. The number of hydrogen-bond donors (Lipinski definition) is 0. The molecule has 5 rings (SSSR count). The molecule has 0 saturated carbocycles. The average Bonchev–Trinajstić information content (AvgIpc) is 2.94. The molecule has 0 radical (unpaired) electrons. The summed E-state index contributed by atoms with van der Waals surface area (Å²) in [7, 11) is -6.27. The Morgan fingerprint density at radius 2 is 0.853 bits per heavy atom. The van der Waals surface area contributed by atoms with E-state index in [4.69, 9.17) is 0 Å². The summed E-state index contributed by atoms with van der Waals surface area (Å²) in [6.45, 7) is 0. The third-order valence-electron chi connectivity index (χ3n) is 6.80. The summed E-state index contributed by atoms with van der Waals surface area (Å²) in [5.74, 6) is 0. The average molecular weight is 483 g/mol. The molecule has 34 heavy (non-hydrogen) atoms. The molecular weight excluding hydrogens is 454 g/mol. The molecule has 4 aromatic rings. The molecule has 1 aliphatic carbocycles. The van der Waals surface area contributed by atoms with Crippen molar-refractivity contribution in [2.45, 2.75) is 24.2 Å². The SMILES string of the molecule is O=P(c1ccccc1)(c1ccccc1)C1C=CCCC1P(=O)(c1ccccc1)c1ccccc1. The summed E-state index contributed by atoms with van der Waals surface area (Å²) in [6.07, 6.45) is 5.77. The summed E-state index contributed by atoms with van der Waals surface area (Å²) in [4.78, 5) is 0. The van der Waals surface area contributed by atoms with Crippen LogP contribution in [-0.4, -0.2) is 11.3 Å².